The highest BCUT2D eigenvalue weighted by Gasteiger charge is 2.27. The van der Waals surface area contributed by atoms with Crippen molar-refractivity contribution in [2.45, 2.75) is 25.7 Å². The average Bonchev–Trinajstić information content (AvgIpc) is 2.95. The summed E-state index contributed by atoms with van der Waals surface area (Å²) in [5.41, 5.74) is 2.53. The summed E-state index contributed by atoms with van der Waals surface area (Å²) < 4.78 is 0. The number of hydrogen-bond acceptors (Lipinski definition) is 6. The van der Waals surface area contributed by atoms with Crippen molar-refractivity contribution in [1.29, 1.82) is 0 Å². The van der Waals surface area contributed by atoms with Gasteiger partial charge in [-0.05, 0) is 61.1 Å². The highest BCUT2D eigenvalue weighted by atomic mass is 35.5. The fraction of sp³-hybridized carbons (Fsp3) is 0.207. The van der Waals surface area contributed by atoms with Gasteiger partial charge in [-0.15, -0.1) is 0 Å². The average molecular weight is 545 g/mol. The predicted octanol–water partition coefficient (Wildman–Crippen LogP) is 6.56. The summed E-state index contributed by atoms with van der Waals surface area (Å²) >= 11 is 5.96. The van der Waals surface area contributed by atoms with Crippen molar-refractivity contribution in [3.63, 3.8) is 0 Å². The molecule has 10 heteroatoms. The summed E-state index contributed by atoms with van der Waals surface area (Å²) in [6.45, 7) is 0.625. The van der Waals surface area contributed by atoms with Crippen molar-refractivity contribution in [2.75, 3.05) is 23.3 Å². The standard InChI is InChI=1S/C29H29ClN6O3/c30-24-14-16-25(17-15-24)33-28-32-21-26(36(38)39)27(34-28)35(20-18-23-11-5-2-6-12-23)29(37)31-19-8-7-13-22-9-3-1-4-10-22/h1-6,9-12,14-17,21H,7-8,13,18-20H2,(H,31,37)(H,32,33,34). The minimum Gasteiger partial charge on any atom is -0.338 e. The molecule has 1 aromatic heterocycles. The molecule has 4 rings (SSSR count). The Morgan fingerprint density at radius 2 is 1.54 bits per heavy atom. The summed E-state index contributed by atoms with van der Waals surface area (Å²) in [4.78, 5) is 34.5. The van der Waals surface area contributed by atoms with E-state index in [0.29, 0.717) is 23.7 Å². The van der Waals surface area contributed by atoms with E-state index in [0.717, 1.165) is 31.0 Å². The zero-order valence-electron chi connectivity index (χ0n) is 21.3. The molecule has 2 N–H and O–H groups in total. The lowest BCUT2D eigenvalue weighted by atomic mass is 10.1. The van der Waals surface area contributed by atoms with Crippen LogP contribution in [0.2, 0.25) is 5.02 Å². The number of nitrogens with one attached hydrogen (secondary N) is 2. The fourth-order valence-corrected chi connectivity index (χ4v) is 4.12. The summed E-state index contributed by atoms with van der Waals surface area (Å²) in [6, 6.07) is 26.2. The molecular weight excluding hydrogens is 516 g/mol. The van der Waals surface area contributed by atoms with E-state index >= 15 is 0 Å². The van der Waals surface area contributed by atoms with Crippen LogP contribution in [0.5, 0.6) is 0 Å². The van der Waals surface area contributed by atoms with Gasteiger partial charge in [-0.1, -0.05) is 72.3 Å². The van der Waals surface area contributed by atoms with E-state index in [9.17, 15) is 14.9 Å². The Bertz CT molecular complexity index is 1370. The van der Waals surface area contributed by atoms with Gasteiger partial charge in [0.15, 0.2) is 0 Å². The first-order chi connectivity index (χ1) is 19.0. The smallest absolute Gasteiger partial charge is 0.330 e. The zero-order valence-corrected chi connectivity index (χ0v) is 22.1. The van der Waals surface area contributed by atoms with Crippen LogP contribution in [0.4, 0.5) is 27.9 Å². The molecule has 0 radical (unpaired) electrons. The van der Waals surface area contributed by atoms with E-state index in [1.807, 2.05) is 48.5 Å². The highest BCUT2D eigenvalue weighted by molar-refractivity contribution is 6.30. The molecule has 0 unspecified atom stereocenters. The Kier molecular flexibility index (Phi) is 9.80. The third-order valence-corrected chi connectivity index (χ3v) is 6.28. The molecule has 200 valence electrons. The van der Waals surface area contributed by atoms with E-state index in [2.05, 4.69) is 32.7 Å². The second-order valence-electron chi connectivity index (χ2n) is 8.85. The lowest BCUT2D eigenvalue weighted by Crippen LogP contribution is -2.42. The van der Waals surface area contributed by atoms with Crippen molar-refractivity contribution < 1.29 is 9.72 Å². The molecular formula is C29H29ClN6O3. The molecule has 39 heavy (non-hydrogen) atoms. The van der Waals surface area contributed by atoms with E-state index in [1.54, 1.807) is 24.3 Å². The number of amides is 2. The number of nitrogens with zero attached hydrogens (tertiary/aromatic N) is 4. The number of carbonyl (C=O) groups is 1. The van der Waals surface area contributed by atoms with Crippen molar-refractivity contribution in [3.8, 4) is 0 Å². The number of urea groups is 1. The zero-order chi connectivity index (χ0) is 27.5. The van der Waals surface area contributed by atoms with Crippen LogP contribution in [-0.2, 0) is 12.8 Å². The monoisotopic (exact) mass is 544 g/mol. The number of hydrogen-bond donors (Lipinski definition) is 2. The van der Waals surface area contributed by atoms with Crippen LogP contribution in [-0.4, -0.2) is 34.0 Å². The molecule has 0 bridgehead atoms. The van der Waals surface area contributed by atoms with Gasteiger partial charge in [0.1, 0.15) is 6.20 Å². The first-order valence-electron chi connectivity index (χ1n) is 12.7. The van der Waals surface area contributed by atoms with Crippen LogP contribution < -0.4 is 15.5 Å². The topological polar surface area (TPSA) is 113 Å². The molecule has 4 aromatic rings. The van der Waals surface area contributed by atoms with Gasteiger partial charge >= 0.3 is 11.7 Å². The largest absolute Gasteiger partial charge is 0.338 e. The predicted molar refractivity (Wildman–Crippen MR) is 154 cm³/mol. The van der Waals surface area contributed by atoms with Crippen molar-refractivity contribution in [3.05, 3.63) is 117 Å². The van der Waals surface area contributed by atoms with Crippen LogP contribution >= 0.6 is 11.6 Å². The maximum absolute atomic E-state index is 13.4. The van der Waals surface area contributed by atoms with Crippen LogP contribution in [0.1, 0.15) is 24.0 Å². The molecule has 9 nitrogen and oxygen atoms in total. The molecule has 0 aliphatic heterocycles. The summed E-state index contributed by atoms with van der Waals surface area (Å²) in [7, 11) is 0. The Morgan fingerprint density at radius 1 is 0.897 bits per heavy atom. The number of rotatable bonds is 12. The Hall–Kier alpha value is -4.50. The second-order valence-corrected chi connectivity index (χ2v) is 9.29. The number of nitro groups is 1. The molecule has 2 amide bonds. The van der Waals surface area contributed by atoms with Gasteiger partial charge in [-0.2, -0.15) is 4.98 Å². The van der Waals surface area contributed by atoms with E-state index in [-0.39, 0.29) is 24.0 Å². The first kappa shape index (κ1) is 27.5. The summed E-state index contributed by atoms with van der Waals surface area (Å²) in [6.07, 6.45) is 4.18. The SMILES string of the molecule is O=C(NCCCCc1ccccc1)N(CCc1ccccc1)c1nc(Nc2ccc(Cl)cc2)ncc1[N+](=O)[O-]. The number of aryl methyl sites for hydroxylation is 1. The molecule has 0 atom stereocenters. The Labute approximate surface area is 232 Å². The number of halogens is 1. The molecule has 0 fully saturated rings. The van der Waals surface area contributed by atoms with Crippen molar-refractivity contribution in [2.24, 2.45) is 0 Å². The molecule has 0 aliphatic rings. The van der Waals surface area contributed by atoms with Gasteiger partial charge in [-0.3, -0.25) is 15.0 Å². The van der Waals surface area contributed by atoms with E-state index < -0.39 is 11.0 Å². The van der Waals surface area contributed by atoms with Crippen molar-refractivity contribution in [1.82, 2.24) is 15.3 Å². The summed E-state index contributed by atoms with van der Waals surface area (Å²) in [5, 5.41) is 18.4. The second kappa shape index (κ2) is 13.9. The Morgan fingerprint density at radius 3 is 2.18 bits per heavy atom. The van der Waals surface area contributed by atoms with Gasteiger partial charge in [-0.25, -0.2) is 9.78 Å². The first-order valence-corrected chi connectivity index (χ1v) is 13.0. The summed E-state index contributed by atoms with van der Waals surface area (Å²) in [5.74, 6) is 0.0440. The van der Waals surface area contributed by atoms with Gasteiger partial charge in [0, 0.05) is 23.8 Å². The van der Waals surface area contributed by atoms with Crippen LogP contribution in [0.3, 0.4) is 0 Å². The van der Waals surface area contributed by atoms with E-state index in [4.69, 9.17) is 11.6 Å². The minimum atomic E-state index is -0.579. The molecule has 0 aliphatic carbocycles. The maximum atomic E-state index is 13.4. The number of benzene rings is 3. The van der Waals surface area contributed by atoms with Crippen molar-refractivity contribution >= 4 is 40.8 Å². The highest BCUT2D eigenvalue weighted by Crippen LogP contribution is 2.28. The van der Waals surface area contributed by atoms with Gasteiger partial charge in [0.2, 0.25) is 11.8 Å². The number of aromatic nitrogens is 2. The number of unbranched alkanes of at least 4 members (excludes halogenated alkanes) is 1. The molecule has 0 saturated heterocycles. The lowest BCUT2D eigenvalue weighted by Gasteiger charge is -2.22. The molecule has 0 spiro atoms. The van der Waals surface area contributed by atoms with Gasteiger partial charge in [0.25, 0.3) is 0 Å². The molecule has 1 heterocycles. The van der Waals surface area contributed by atoms with Crippen LogP contribution in [0.15, 0.2) is 91.1 Å². The quantitative estimate of drug-likeness (QED) is 0.118. The lowest BCUT2D eigenvalue weighted by molar-refractivity contribution is -0.384. The van der Waals surface area contributed by atoms with E-state index in [1.165, 1.54) is 10.5 Å². The third-order valence-electron chi connectivity index (χ3n) is 6.03. The molecule has 3 aromatic carbocycles. The Balaban J connectivity index is 1.51. The third kappa shape index (κ3) is 8.24. The minimum absolute atomic E-state index is 0.0795. The van der Waals surface area contributed by atoms with Gasteiger partial charge < -0.3 is 10.6 Å². The van der Waals surface area contributed by atoms with Crippen LogP contribution in [0, 0.1) is 10.1 Å². The molecule has 0 saturated carbocycles. The van der Waals surface area contributed by atoms with Crippen LogP contribution in [0.25, 0.3) is 0 Å². The maximum Gasteiger partial charge on any atom is 0.330 e. The number of carbonyl (C=O) groups excluding carboxylic acids is 1. The fourth-order valence-electron chi connectivity index (χ4n) is 4.00. The van der Waals surface area contributed by atoms with Gasteiger partial charge in [0.05, 0.1) is 4.92 Å². The number of anilines is 3. The normalized spacial score (nSPS) is 10.6.